The molecule has 27 heavy (non-hydrogen) atoms. The van der Waals surface area contributed by atoms with E-state index in [0.29, 0.717) is 5.56 Å². The minimum Gasteiger partial charge on any atom is -0.398 e. The van der Waals surface area contributed by atoms with Crippen LogP contribution in [0.25, 0.3) is 0 Å². The molecule has 6 nitrogen and oxygen atoms in total. The second-order valence-corrected chi connectivity index (χ2v) is 8.34. The van der Waals surface area contributed by atoms with Crippen molar-refractivity contribution in [3.63, 3.8) is 0 Å². The molecule has 2 rings (SSSR count). The minimum absolute atomic E-state index is 0.0177. The second kappa shape index (κ2) is 7.62. The van der Waals surface area contributed by atoms with Gasteiger partial charge in [0.05, 0.1) is 5.56 Å². The number of Topliss-reactive ketones (excluding diaryl/α,β-unsaturated/α-hetero) is 2. The molecule has 0 atom stereocenters. The fourth-order valence-corrected chi connectivity index (χ4v) is 4.29. The fourth-order valence-electron chi connectivity index (χ4n) is 3.08. The molecular formula is C20H23NO5S. The highest BCUT2D eigenvalue weighted by Crippen LogP contribution is 2.38. The van der Waals surface area contributed by atoms with E-state index in [4.69, 9.17) is 5.73 Å². The van der Waals surface area contributed by atoms with Crippen LogP contribution in [0.15, 0.2) is 41.3 Å². The molecule has 0 aliphatic rings. The summed E-state index contributed by atoms with van der Waals surface area (Å²) in [6, 6.07) is 9.31. The summed E-state index contributed by atoms with van der Waals surface area (Å²) in [5.74, 6) is -2.42. The van der Waals surface area contributed by atoms with E-state index in [-0.39, 0.29) is 33.2 Å². The molecule has 0 amide bonds. The molecule has 0 unspecified atom stereocenters. The lowest BCUT2D eigenvalue weighted by molar-refractivity contribution is 0.0816. The predicted octanol–water partition coefficient (Wildman–Crippen LogP) is 3.83. The van der Waals surface area contributed by atoms with Crippen molar-refractivity contribution in [2.75, 3.05) is 5.73 Å². The van der Waals surface area contributed by atoms with Crippen molar-refractivity contribution in [1.29, 1.82) is 0 Å². The molecule has 0 bridgehead atoms. The van der Waals surface area contributed by atoms with Crippen molar-refractivity contribution in [3.8, 4) is 0 Å². The molecule has 2 aromatic carbocycles. The Kier molecular flexibility index (Phi) is 5.87. The summed E-state index contributed by atoms with van der Waals surface area (Å²) in [6.07, 6.45) is 0. The summed E-state index contributed by atoms with van der Waals surface area (Å²) in [4.78, 5) is 25.2. The third kappa shape index (κ3) is 4.09. The van der Waals surface area contributed by atoms with Gasteiger partial charge in [-0.2, -0.15) is 8.42 Å². The van der Waals surface area contributed by atoms with E-state index < -0.39 is 27.6 Å². The minimum atomic E-state index is -4.64. The number of hydrogen-bond acceptors (Lipinski definition) is 5. The van der Waals surface area contributed by atoms with Gasteiger partial charge in [0.15, 0.2) is 0 Å². The summed E-state index contributed by atoms with van der Waals surface area (Å²) >= 11 is 0. The zero-order chi connectivity index (χ0) is 20.5. The Morgan fingerprint density at radius 3 is 1.96 bits per heavy atom. The van der Waals surface area contributed by atoms with E-state index in [0.717, 1.165) is 0 Å². The molecule has 0 saturated carbocycles. The Labute approximate surface area is 159 Å². The first-order valence-electron chi connectivity index (χ1n) is 8.54. The lowest BCUT2D eigenvalue weighted by Crippen LogP contribution is -2.22. The Morgan fingerprint density at radius 2 is 1.52 bits per heavy atom. The summed E-state index contributed by atoms with van der Waals surface area (Å²) in [7, 11) is -4.64. The van der Waals surface area contributed by atoms with E-state index in [2.05, 4.69) is 0 Å². The van der Waals surface area contributed by atoms with Crippen LogP contribution in [0.5, 0.6) is 0 Å². The predicted molar refractivity (Wildman–Crippen MR) is 104 cm³/mol. The summed E-state index contributed by atoms with van der Waals surface area (Å²) < 4.78 is 34.1. The van der Waals surface area contributed by atoms with Crippen LogP contribution in [-0.4, -0.2) is 24.5 Å². The van der Waals surface area contributed by atoms with Crippen molar-refractivity contribution in [2.45, 2.75) is 44.4 Å². The number of rotatable bonds is 6. The number of anilines is 1. The average Bonchev–Trinajstić information content (AvgIpc) is 2.59. The van der Waals surface area contributed by atoms with Gasteiger partial charge in [-0.15, -0.1) is 0 Å². The molecule has 0 saturated heterocycles. The molecule has 144 valence electrons. The Morgan fingerprint density at radius 1 is 0.963 bits per heavy atom. The molecule has 0 spiro atoms. The number of nitrogens with two attached hydrogens (primary N) is 1. The second-order valence-electron chi connectivity index (χ2n) is 6.98. The molecule has 0 aliphatic heterocycles. The molecule has 0 fully saturated rings. The number of carbonyl (C=O) groups is 2. The molecule has 0 heterocycles. The van der Waals surface area contributed by atoms with Crippen molar-refractivity contribution in [3.05, 3.63) is 58.7 Å². The fraction of sp³-hybridized carbons (Fsp3) is 0.300. The topological polar surface area (TPSA) is 115 Å². The number of hydrogen-bond donors (Lipinski definition) is 2. The third-order valence-electron chi connectivity index (χ3n) is 4.30. The quantitative estimate of drug-likeness (QED) is 0.336. The largest absolute Gasteiger partial charge is 0.398 e. The van der Waals surface area contributed by atoms with Gasteiger partial charge in [0.2, 0.25) is 11.6 Å². The first kappa shape index (κ1) is 20.8. The lowest BCUT2D eigenvalue weighted by Gasteiger charge is -2.22. The van der Waals surface area contributed by atoms with Gasteiger partial charge in [0.1, 0.15) is 4.90 Å². The highest BCUT2D eigenvalue weighted by atomic mass is 32.2. The van der Waals surface area contributed by atoms with Gasteiger partial charge in [-0.05, 0) is 29.0 Å². The van der Waals surface area contributed by atoms with Crippen LogP contribution >= 0.6 is 0 Å². The molecule has 7 heteroatoms. The van der Waals surface area contributed by atoms with E-state index in [9.17, 15) is 22.6 Å². The molecule has 0 aliphatic carbocycles. The lowest BCUT2D eigenvalue weighted by atomic mass is 9.86. The molecule has 2 aromatic rings. The first-order chi connectivity index (χ1) is 12.5. The number of nitrogen functional groups attached to an aromatic ring is 1. The number of carbonyl (C=O) groups excluding carboxylic acids is 2. The van der Waals surface area contributed by atoms with Gasteiger partial charge in [0.25, 0.3) is 10.1 Å². The molecule has 0 radical (unpaired) electrons. The summed E-state index contributed by atoms with van der Waals surface area (Å²) in [5, 5.41) is 0. The Hall–Kier alpha value is -2.51. The van der Waals surface area contributed by atoms with Gasteiger partial charge in [0, 0.05) is 11.3 Å². The maximum atomic E-state index is 12.9. The van der Waals surface area contributed by atoms with Crippen molar-refractivity contribution in [1.82, 2.24) is 0 Å². The number of ketones is 2. The van der Waals surface area contributed by atoms with Crippen LogP contribution in [0, 0.1) is 0 Å². The molecular weight excluding hydrogens is 366 g/mol. The van der Waals surface area contributed by atoms with Crippen molar-refractivity contribution < 1.29 is 22.6 Å². The van der Waals surface area contributed by atoms with Crippen LogP contribution in [0.2, 0.25) is 0 Å². The zero-order valence-electron chi connectivity index (χ0n) is 15.7. The number of benzene rings is 2. The SMILES string of the molecule is CC(C)c1cc(N)c(C(=O)C(=O)c2ccccc2)c(C(C)C)c1S(=O)(=O)O. The standard InChI is InChI=1S/C20H23NO5S/c1-11(2)14-10-15(21)17(16(12(3)4)20(14)27(24,25)26)19(23)18(22)13-8-6-5-7-9-13/h5-12H,21H2,1-4H3,(H,24,25,26). The molecule has 3 N–H and O–H groups in total. The van der Waals surface area contributed by atoms with Crippen LogP contribution in [-0.2, 0) is 10.1 Å². The first-order valence-corrected chi connectivity index (χ1v) is 9.98. The highest BCUT2D eigenvalue weighted by Gasteiger charge is 2.32. The van der Waals surface area contributed by atoms with Gasteiger partial charge in [-0.1, -0.05) is 58.0 Å². The maximum absolute atomic E-state index is 12.9. The van der Waals surface area contributed by atoms with Gasteiger partial charge in [-0.3, -0.25) is 14.1 Å². The summed E-state index contributed by atoms with van der Waals surface area (Å²) in [5.41, 5.74) is 6.48. The van der Waals surface area contributed by atoms with Crippen molar-refractivity contribution >= 4 is 27.4 Å². The van der Waals surface area contributed by atoms with E-state index >= 15 is 0 Å². The van der Waals surface area contributed by atoms with Crippen LogP contribution in [0.1, 0.15) is 71.4 Å². The average molecular weight is 389 g/mol. The van der Waals surface area contributed by atoms with Crippen molar-refractivity contribution in [2.24, 2.45) is 0 Å². The summed E-state index contributed by atoms with van der Waals surface area (Å²) in [6.45, 7) is 6.86. The van der Waals surface area contributed by atoms with Crippen LogP contribution < -0.4 is 5.73 Å². The van der Waals surface area contributed by atoms with Gasteiger partial charge in [-0.25, -0.2) is 0 Å². The van der Waals surface area contributed by atoms with E-state index in [1.807, 2.05) is 0 Å². The van der Waals surface area contributed by atoms with Gasteiger partial charge >= 0.3 is 0 Å². The third-order valence-corrected chi connectivity index (χ3v) is 5.27. The molecule has 0 aromatic heterocycles. The van der Waals surface area contributed by atoms with E-state index in [1.165, 1.54) is 18.2 Å². The Bertz CT molecular complexity index is 993. The van der Waals surface area contributed by atoms with Gasteiger partial charge < -0.3 is 5.73 Å². The maximum Gasteiger partial charge on any atom is 0.295 e. The van der Waals surface area contributed by atoms with Crippen LogP contribution in [0.3, 0.4) is 0 Å². The monoisotopic (exact) mass is 389 g/mol. The van der Waals surface area contributed by atoms with E-state index in [1.54, 1.807) is 45.9 Å². The normalized spacial score (nSPS) is 11.8. The zero-order valence-corrected chi connectivity index (χ0v) is 16.5. The Balaban J connectivity index is 2.84. The smallest absolute Gasteiger partial charge is 0.295 e. The highest BCUT2D eigenvalue weighted by molar-refractivity contribution is 7.86. The van der Waals surface area contributed by atoms with Crippen LogP contribution in [0.4, 0.5) is 5.69 Å².